The third-order valence-corrected chi connectivity index (χ3v) is 5.54. The number of carbonyl (C=O) groups is 1. The Kier molecular flexibility index (Phi) is 4.66. The van der Waals surface area contributed by atoms with Crippen LogP contribution in [0.4, 0.5) is 0 Å². The van der Waals surface area contributed by atoms with E-state index in [9.17, 15) is 9.59 Å². The third-order valence-electron chi connectivity index (χ3n) is 4.90. The fourth-order valence-electron chi connectivity index (χ4n) is 3.48. The number of ketones is 1. The first-order valence-corrected chi connectivity index (χ1v) is 9.80. The minimum atomic E-state index is 0.00214. The lowest BCUT2D eigenvalue weighted by Gasteiger charge is -2.21. The minimum Gasteiger partial charge on any atom is -0.487 e. The van der Waals surface area contributed by atoms with E-state index in [4.69, 9.17) is 4.74 Å². The fourth-order valence-corrected chi connectivity index (χ4v) is 4.02. The van der Waals surface area contributed by atoms with Crippen LogP contribution < -0.4 is 10.3 Å². The Balaban J connectivity index is 1.78. The van der Waals surface area contributed by atoms with Gasteiger partial charge >= 0.3 is 0 Å². The number of hydrogen-bond donors (Lipinski definition) is 0. The van der Waals surface area contributed by atoms with Crippen molar-refractivity contribution in [2.45, 2.75) is 32.8 Å². The molecule has 2 heterocycles. The molecule has 1 aromatic carbocycles. The van der Waals surface area contributed by atoms with Crippen molar-refractivity contribution in [1.82, 2.24) is 9.55 Å². The molecule has 6 heteroatoms. The van der Waals surface area contributed by atoms with E-state index in [1.165, 1.54) is 11.3 Å². The molecule has 0 radical (unpaired) electrons. The largest absolute Gasteiger partial charge is 0.487 e. The van der Waals surface area contributed by atoms with E-state index in [1.807, 2.05) is 30.6 Å². The summed E-state index contributed by atoms with van der Waals surface area (Å²) in [6, 6.07) is 6.00. The zero-order valence-corrected chi connectivity index (χ0v) is 16.1. The molecule has 4 rings (SSSR count). The van der Waals surface area contributed by atoms with Gasteiger partial charge in [-0.15, -0.1) is 11.3 Å². The number of hydrogen-bond acceptors (Lipinski definition) is 5. The summed E-state index contributed by atoms with van der Waals surface area (Å²) in [6.45, 7) is 2.20. The van der Waals surface area contributed by atoms with Crippen LogP contribution in [0.25, 0.3) is 11.1 Å². The van der Waals surface area contributed by atoms with Crippen molar-refractivity contribution in [2.24, 2.45) is 7.05 Å². The predicted molar refractivity (Wildman–Crippen MR) is 105 cm³/mol. The van der Waals surface area contributed by atoms with Crippen LogP contribution in [0.5, 0.6) is 5.75 Å². The highest BCUT2D eigenvalue weighted by atomic mass is 32.1. The Hall–Kier alpha value is -2.73. The van der Waals surface area contributed by atoms with E-state index in [2.05, 4.69) is 11.1 Å². The minimum absolute atomic E-state index is 0.00214. The summed E-state index contributed by atoms with van der Waals surface area (Å²) < 4.78 is 7.67. The lowest BCUT2D eigenvalue weighted by Crippen LogP contribution is -2.18. The highest BCUT2D eigenvalue weighted by molar-refractivity contribution is 7.07. The Morgan fingerprint density at radius 1 is 1.19 bits per heavy atom. The fraction of sp³-hybridized carbons (Fsp3) is 0.286. The van der Waals surface area contributed by atoms with Gasteiger partial charge < -0.3 is 9.30 Å². The number of Topliss-reactive ketones (excluding diaryl/α,β-unsaturated/α-hetero) is 1. The maximum atomic E-state index is 12.0. The van der Waals surface area contributed by atoms with E-state index < -0.39 is 0 Å². The molecule has 138 valence electrons. The first-order chi connectivity index (χ1) is 13.0. The smallest absolute Gasteiger partial charge is 0.253 e. The van der Waals surface area contributed by atoms with Crippen LogP contribution in [0.1, 0.15) is 28.8 Å². The molecular weight excluding hydrogens is 360 g/mol. The number of ether oxygens (including phenoxy) is 1. The van der Waals surface area contributed by atoms with Gasteiger partial charge in [0.2, 0.25) is 0 Å². The van der Waals surface area contributed by atoms with Gasteiger partial charge in [0.15, 0.2) is 0 Å². The number of carbonyl (C=O) groups excluding carboxylic acids is 1. The summed E-state index contributed by atoms with van der Waals surface area (Å²) >= 11 is 1.53. The summed E-state index contributed by atoms with van der Waals surface area (Å²) in [5.74, 6) is 0.974. The maximum Gasteiger partial charge on any atom is 0.253 e. The van der Waals surface area contributed by atoms with Gasteiger partial charge in [-0.2, -0.15) is 0 Å². The summed E-state index contributed by atoms with van der Waals surface area (Å²) in [7, 11) is 1.76. The van der Waals surface area contributed by atoms with Gasteiger partial charge in [0.25, 0.3) is 5.56 Å². The molecule has 0 saturated carbocycles. The zero-order valence-electron chi connectivity index (χ0n) is 15.3. The lowest BCUT2D eigenvalue weighted by atomic mass is 9.87. The van der Waals surface area contributed by atoms with E-state index >= 15 is 0 Å². The second-order valence-corrected chi connectivity index (χ2v) is 7.64. The predicted octanol–water partition coefficient (Wildman–Crippen LogP) is 3.45. The van der Waals surface area contributed by atoms with Gasteiger partial charge in [-0.1, -0.05) is 6.07 Å². The Labute approximate surface area is 161 Å². The molecule has 1 aliphatic carbocycles. The Morgan fingerprint density at radius 3 is 2.78 bits per heavy atom. The van der Waals surface area contributed by atoms with Crippen LogP contribution in [-0.2, 0) is 31.3 Å². The second kappa shape index (κ2) is 7.12. The number of nitrogens with zero attached hydrogens (tertiary/aromatic N) is 2. The normalized spacial score (nSPS) is 13.5. The van der Waals surface area contributed by atoms with Crippen LogP contribution in [-0.4, -0.2) is 15.3 Å². The summed E-state index contributed by atoms with van der Waals surface area (Å²) in [5.41, 5.74) is 7.44. The molecule has 0 N–H and O–H groups in total. The van der Waals surface area contributed by atoms with Crippen molar-refractivity contribution < 1.29 is 9.53 Å². The van der Waals surface area contributed by atoms with Crippen molar-refractivity contribution in [3.8, 4) is 16.9 Å². The highest BCUT2D eigenvalue weighted by Crippen LogP contribution is 2.34. The molecule has 0 saturated heterocycles. The summed E-state index contributed by atoms with van der Waals surface area (Å²) in [5, 5.41) is 1.96. The third kappa shape index (κ3) is 3.57. The maximum absolute atomic E-state index is 12.0. The molecule has 0 amide bonds. The van der Waals surface area contributed by atoms with E-state index in [1.54, 1.807) is 17.1 Å². The van der Waals surface area contributed by atoms with Gasteiger partial charge in [-0.05, 0) is 42.2 Å². The average molecular weight is 380 g/mol. The molecule has 27 heavy (non-hydrogen) atoms. The summed E-state index contributed by atoms with van der Waals surface area (Å²) in [4.78, 5) is 28.3. The van der Waals surface area contributed by atoms with Gasteiger partial charge in [-0.25, -0.2) is 4.98 Å². The topological polar surface area (TPSA) is 61.2 Å². The SMILES string of the molecule is Cc1cc(-c2cc3c(c(OCc4cscn4)c2)CC(=O)CC3)cn(C)c1=O. The Morgan fingerprint density at radius 2 is 2.04 bits per heavy atom. The quantitative estimate of drug-likeness (QED) is 0.695. The summed E-state index contributed by atoms with van der Waals surface area (Å²) in [6.07, 6.45) is 3.54. The van der Waals surface area contributed by atoms with Gasteiger partial charge in [0.1, 0.15) is 18.1 Å². The molecule has 1 aliphatic rings. The number of fused-ring (bicyclic) bond motifs is 1. The molecular formula is C21H20N2O3S. The second-order valence-electron chi connectivity index (χ2n) is 6.92. The lowest BCUT2D eigenvalue weighted by molar-refractivity contribution is -0.118. The molecule has 0 atom stereocenters. The van der Waals surface area contributed by atoms with Crippen LogP contribution in [0.15, 0.2) is 40.1 Å². The van der Waals surface area contributed by atoms with E-state index in [0.29, 0.717) is 25.0 Å². The van der Waals surface area contributed by atoms with Crippen molar-refractivity contribution in [3.63, 3.8) is 0 Å². The van der Waals surface area contributed by atoms with Crippen LogP contribution in [0.3, 0.4) is 0 Å². The van der Waals surface area contributed by atoms with Crippen molar-refractivity contribution in [3.05, 3.63) is 68.0 Å². The molecule has 0 unspecified atom stereocenters. The van der Waals surface area contributed by atoms with Crippen LogP contribution in [0, 0.1) is 6.92 Å². The van der Waals surface area contributed by atoms with Crippen molar-refractivity contribution >= 4 is 17.1 Å². The number of rotatable bonds is 4. The first kappa shape index (κ1) is 17.7. The first-order valence-electron chi connectivity index (χ1n) is 8.86. The van der Waals surface area contributed by atoms with E-state index in [0.717, 1.165) is 40.1 Å². The number of aromatic nitrogens is 2. The number of aryl methyl sites for hydroxylation is 3. The molecule has 2 aromatic heterocycles. The van der Waals surface area contributed by atoms with Crippen LogP contribution >= 0.6 is 11.3 Å². The highest BCUT2D eigenvalue weighted by Gasteiger charge is 2.21. The van der Waals surface area contributed by atoms with Crippen molar-refractivity contribution in [1.29, 1.82) is 0 Å². The molecule has 0 bridgehead atoms. The van der Waals surface area contributed by atoms with Crippen molar-refractivity contribution in [2.75, 3.05) is 0 Å². The molecule has 0 aliphatic heterocycles. The van der Waals surface area contributed by atoms with Gasteiger partial charge in [0, 0.05) is 42.6 Å². The molecule has 0 spiro atoms. The van der Waals surface area contributed by atoms with Gasteiger partial charge in [0.05, 0.1) is 11.2 Å². The molecule has 3 aromatic rings. The monoisotopic (exact) mass is 380 g/mol. The number of benzene rings is 1. The van der Waals surface area contributed by atoms with E-state index in [-0.39, 0.29) is 11.3 Å². The van der Waals surface area contributed by atoms with Crippen LogP contribution in [0.2, 0.25) is 0 Å². The Bertz CT molecular complexity index is 1040. The molecule has 5 nitrogen and oxygen atoms in total. The standard InChI is InChI=1S/C21H20N2O3S/c1-13-5-16(9-23(2)21(13)25)15-6-14-3-4-18(24)8-19(14)20(7-15)26-10-17-11-27-12-22-17/h5-7,9,11-12H,3-4,8,10H2,1-2H3. The average Bonchev–Trinajstić information content (AvgIpc) is 3.17. The van der Waals surface area contributed by atoms with Gasteiger partial charge in [-0.3, -0.25) is 9.59 Å². The number of pyridine rings is 1. The number of thiazole rings is 1. The molecule has 0 fully saturated rings. The zero-order chi connectivity index (χ0) is 19.0.